The standard InChI is InChI=1S/C8H13NO3S2.Na/c10-14(11,12)6-4-9-3-1-8-2-5-13-7-8;/h2,5,7,9H,1,3-4,6H2,(H,10,11,12);/q;+1/p-1. The van der Waals surface area contributed by atoms with Crippen molar-refractivity contribution in [3.8, 4) is 0 Å². The van der Waals surface area contributed by atoms with Gasteiger partial charge in [-0.15, -0.1) is 0 Å². The first-order valence-electron chi connectivity index (χ1n) is 4.23. The molecule has 0 aliphatic carbocycles. The third-order valence-electron chi connectivity index (χ3n) is 1.70. The second-order valence-corrected chi connectivity index (χ2v) is 5.20. The Morgan fingerprint density at radius 3 is 2.67 bits per heavy atom. The van der Waals surface area contributed by atoms with Gasteiger partial charge in [0.25, 0.3) is 0 Å². The van der Waals surface area contributed by atoms with Crippen molar-refractivity contribution in [2.24, 2.45) is 0 Å². The zero-order chi connectivity index (χ0) is 10.4. The van der Waals surface area contributed by atoms with Crippen LogP contribution in [0.3, 0.4) is 0 Å². The molecule has 0 spiro atoms. The van der Waals surface area contributed by atoms with Crippen LogP contribution in [0.2, 0.25) is 0 Å². The molecule has 1 heterocycles. The molecule has 1 aromatic heterocycles. The molecule has 1 N–H and O–H groups in total. The van der Waals surface area contributed by atoms with E-state index in [9.17, 15) is 13.0 Å². The molecule has 0 bridgehead atoms. The van der Waals surface area contributed by atoms with Crippen LogP contribution in [-0.2, 0) is 16.5 Å². The van der Waals surface area contributed by atoms with Gasteiger partial charge >= 0.3 is 29.6 Å². The van der Waals surface area contributed by atoms with Gasteiger partial charge in [-0.3, -0.25) is 0 Å². The van der Waals surface area contributed by atoms with Crippen molar-refractivity contribution in [1.82, 2.24) is 5.32 Å². The number of hydrogen-bond acceptors (Lipinski definition) is 5. The van der Waals surface area contributed by atoms with Gasteiger partial charge in [-0.25, -0.2) is 8.42 Å². The van der Waals surface area contributed by atoms with E-state index >= 15 is 0 Å². The zero-order valence-electron chi connectivity index (χ0n) is 8.60. The zero-order valence-corrected chi connectivity index (χ0v) is 12.2. The second kappa shape index (κ2) is 7.78. The SMILES string of the molecule is O=S(=O)([O-])CCNCCc1ccsc1.[Na+]. The maximum absolute atomic E-state index is 10.2. The molecular formula is C8H12NNaO3S2. The molecule has 0 aliphatic rings. The molecule has 0 aromatic carbocycles. The molecular weight excluding hydrogens is 245 g/mol. The van der Waals surface area contributed by atoms with Crippen molar-refractivity contribution in [3.05, 3.63) is 22.4 Å². The molecule has 0 saturated carbocycles. The summed E-state index contributed by atoms with van der Waals surface area (Å²) >= 11 is 1.63. The maximum Gasteiger partial charge on any atom is 1.00 e. The average Bonchev–Trinajstić information content (AvgIpc) is 2.54. The first-order chi connectivity index (χ1) is 6.58. The molecule has 15 heavy (non-hydrogen) atoms. The van der Waals surface area contributed by atoms with Crippen LogP contribution in [-0.4, -0.2) is 31.8 Å². The number of thiophene rings is 1. The topological polar surface area (TPSA) is 69.2 Å². The first kappa shape index (κ1) is 15.6. The number of hydrogen-bond donors (Lipinski definition) is 1. The third kappa shape index (κ3) is 8.38. The third-order valence-corrected chi connectivity index (χ3v) is 3.14. The van der Waals surface area contributed by atoms with Crippen molar-refractivity contribution in [2.45, 2.75) is 6.42 Å². The molecule has 0 fully saturated rings. The fraction of sp³-hybridized carbons (Fsp3) is 0.500. The van der Waals surface area contributed by atoms with Gasteiger partial charge in [0, 0.05) is 6.54 Å². The van der Waals surface area contributed by atoms with Crippen LogP contribution in [0.1, 0.15) is 5.56 Å². The van der Waals surface area contributed by atoms with Crippen LogP contribution in [0.5, 0.6) is 0 Å². The average molecular weight is 257 g/mol. The van der Waals surface area contributed by atoms with Gasteiger partial charge in [0.05, 0.1) is 15.9 Å². The Balaban J connectivity index is 0.00000196. The molecule has 80 valence electrons. The Bertz CT molecular complexity index is 350. The molecule has 4 nitrogen and oxygen atoms in total. The summed E-state index contributed by atoms with van der Waals surface area (Å²) in [6.07, 6.45) is 0.863. The van der Waals surface area contributed by atoms with Crippen LogP contribution >= 0.6 is 11.3 Å². The predicted octanol–water partition coefficient (Wildman–Crippen LogP) is -2.57. The van der Waals surface area contributed by atoms with Gasteiger partial charge in [0.15, 0.2) is 0 Å². The summed E-state index contributed by atoms with van der Waals surface area (Å²) < 4.78 is 30.7. The van der Waals surface area contributed by atoms with E-state index in [-0.39, 0.29) is 41.9 Å². The minimum Gasteiger partial charge on any atom is -0.748 e. The van der Waals surface area contributed by atoms with E-state index in [2.05, 4.69) is 5.32 Å². The Hall–Kier alpha value is 0.570. The van der Waals surface area contributed by atoms with E-state index in [0.717, 1.165) is 6.42 Å². The summed E-state index contributed by atoms with van der Waals surface area (Å²) in [5.41, 5.74) is 1.23. The summed E-state index contributed by atoms with van der Waals surface area (Å²) in [5, 5.41) is 6.95. The van der Waals surface area contributed by atoms with Crippen LogP contribution in [0, 0.1) is 0 Å². The predicted molar refractivity (Wildman–Crippen MR) is 55.5 cm³/mol. The van der Waals surface area contributed by atoms with E-state index in [1.807, 2.05) is 16.8 Å². The molecule has 1 aromatic rings. The molecule has 0 saturated heterocycles. The van der Waals surface area contributed by atoms with Crippen molar-refractivity contribution < 1.29 is 42.5 Å². The summed E-state index contributed by atoms with van der Waals surface area (Å²) in [4.78, 5) is 0. The van der Waals surface area contributed by atoms with E-state index in [1.165, 1.54) is 5.56 Å². The summed E-state index contributed by atoms with van der Waals surface area (Å²) in [7, 11) is -4.07. The Morgan fingerprint density at radius 1 is 1.40 bits per heavy atom. The largest absolute Gasteiger partial charge is 1.00 e. The number of nitrogens with one attached hydrogen (secondary N) is 1. The normalized spacial score (nSPS) is 11.0. The van der Waals surface area contributed by atoms with Gasteiger partial charge in [0.2, 0.25) is 0 Å². The fourth-order valence-corrected chi connectivity index (χ4v) is 2.09. The van der Waals surface area contributed by atoms with Crippen molar-refractivity contribution in [2.75, 3.05) is 18.8 Å². The van der Waals surface area contributed by atoms with Crippen LogP contribution in [0.4, 0.5) is 0 Å². The Kier molecular flexibility index (Phi) is 8.08. The van der Waals surface area contributed by atoms with Gasteiger partial charge in [-0.2, -0.15) is 11.3 Å². The monoisotopic (exact) mass is 257 g/mol. The molecule has 0 aliphatic heterocycles. The van der Waals surface area contributed by atoms with Crippen molar-refractivity contribution in [3.63, 3.8) is 0 Å². The minimum absolute atomic E-state index is 0. The van der Waals surface area contributed by atoms with Crippen LogP contribution in [0.25, 0.3) is 0 Å². The van der Waals surface area contributed by atoms with Crippen LogP contribution in [0.15, 0.2) is 16.8 Å². The first-order valence-corrected chi connectivity index (χ1v) is 6.75. The number of rotatable bonds is 6. The van der Waals surface area contributed by atoms with Gasteiger partial charge < -0.3 is 9.87 Å². The molecule has 0 amide bonds. The van der Waals surface area contributed by atoms with Crippen LogP contribution < -0.4 is 34.9 Å². The summed E-state index contributed by atoms with van der Waals surface area (Å²) in [6, 6.07) is 2.02. The molecule has 7 heteroatoms. The van der Waals surface area contributed by atoms with E-state index in [0.29, 0.717) is 6.54 Å². The van der Waals surface area contributed by atoms with Gasteiger partial charge in [-0.05, 0) is 35.4 Å². The minimum atomic E-state index is -4.07. The smallest absolute Gasteiger partial charge is 0.748 e. The van der Waals surface area contributed by atoms with E-state index in [4.69, 9.17) is 0 Å². The molecule has 0 unspecified atom stereocenters. The fourth-order valence-electron chi connectivity index (χ4n) is 0.990. The summed E-state index contributed by atoms with van der Waals surface area (Å²) in [6.45, 7) is 0.933. The maximum atomic E-state index is 10.2. The van der Waals surface area contributed by atoms with Crippen molar-refractivity contribution >= 4 is 21.5 Å². The molecule has 1 rings (SSSR count). The molecule has 0 atom stereocenters. The Labute approximate surface area is 116 Å². The summed E-state index contributed by atoms with van der Waals surface area (Å²) in [5.74, 6) is -0.337. The van der Waals surface area contributed by atoms with E-state index < -0.39 is 10.1 Å². The molecule has 0 radical (unpaired) electrons. The Morgan fingerprint density at radius 2 is 2.13 bits per heavy atom. The van der Waals surface area contributed by atoms with Crippen molar-refractivity contribution in [1.29, 1.82) is 0 Å². The van der Waals surface area contributed by atoms with E-state index in [1.54, 1.807) is 11.3 Å². The van der Waals surface area contributed by atoms with Gasteiger partial charge in [-0.1, -0.05) is 0 Å². The van der Waals surface area contributed by atoms with Gasteiger partial charge in [0.1, 0.15) is 0 Å². The second-order valence-electron chi connectivity index (χ2n) is 2.89. The quantitative estimate of drug-likeness (QED) is 0.345.